The first-order chi connectivity index (χ1) is 22.5. The third-order valence-electron chi connectivity index (χ3n) is 8.86. The molecule has 0 aliphatic rings. The highest BCUT2D eigenvalue weighted by Gasteiger charge is 2.15. The fourth-order valence-electron chi connectivity index (χ4n) is 6.29. The molecule has 7 aromatic rings. The summed E-state index contributed by atoms with van der Waals surface area (Å²) in [4.78, 5) is 2.30. The van der Waals surface area contributed by atoms with Crippen LogP contribution in [-0.2, 0) is 0 Å². The van der Waals surface area contributed by atoms with Crippen molar-refractivity contribution in [3.8, 4) is 44.5 Å². The summed E-state index contributed by atoms with van der Waals surface area (Å²) in [6, 6.07) is 61.4. The second kappa shape index (κ2) is 12.8. The Morgan fingerprint density at radius 1 is 0.304 bits per heavy atom. The molecule has 7 aromatic carbocycles. The van der Waals surface area contributed by atoms with Gasteiger partial charge in [0.15, 0.2) is 0 Å². The SMILES string of the molecule is Cc1ccc(-c2ccc(C)c(-c3ccccc3-c3cc(-c4ccc(N(c5ccccc5)c5ccccc5)cc4)ccc3C)c2)cc1. The number of rotatable bonds is 7. The molecule has 0 aliphatic heterocycles. The van der Waals surface area contributed by atoms with Crippen LogP contribution in [0.2, 0.25) is 0 Å². The topological polar surface area (TPSA) is 3.24 Å². The highest BCUT2D eigenvalue weighted by Crippen LogP contribution is 2.40. The molecule has 0 fully saturated rings. The van der Waals surface area contributed by atoms with Crippen molar-refractivity contribution in [2.75, 3.05) is 4.90 Å². The third kappa shape index (κ3) is 5.88. The third-order valence-corrected chi connectivity index (χ3v) is 8.86. The molecule has 0 amide bonds. The van der Waals surface area contributed by atoms with Gasteiger partial charge in [-0.2, -0.15) is 0 Å². The first-order valence-corrected chi connectivity index (χ1v) is 15.9. The van der Waals surface area contributed by atoms with Crippen LogP contribution < -0.4 is 4.90 Å². The highest BCUT2D eigenvalue weighted by atomic mass is 15.1. The van der Waals surface area contributed by atoms with E-state index < -0.39 is 0 Å². The van der Waals surface area contributed by atoms with Crippen LogP contribution in [0.5, 0.6) is 0 Å². The minimum absolute atomic E-state index is 1.13. The number of anilines is 3. The summed E-state index contributed by atoms with van der Waals surface area (Å²) in [5.74, 6) is 0. The van der Waals surface area contributed by atoms with E-state index in [9.17, 15) is 0 Å². The van der Waals surface area contributed by atoms with E-state index in [0.29, 0.717) is 0 Å². The summed E-state index contributed by atoms with van der Waals surface area (Å²) in [7, 11) is 0. The lowest BCUT2D eigenvalue weighted by Gasteiger charge is -2.25. The molecule has 0 heterocycles. The Labute approximate surface area is 273 Å². The van der Waals surface area contributed by atoms with Crippen molar-refractivity contribution in [2.45, 2.75) is 20.8 Å². The van der Waals surface area contributed by atoms with Crippen LogP contribution in [0, 0.1) is 20.8 Å². The Morgan fingerprint density at radius 3 is 1.13 bits per heavy atom. The normalized spacial score (nSPS) is 10.9. The zero-order valence-electron chi connectivity index (χ0n) is 26.6. The summed E-state index contributed by atoms with van der Waals surface area (Å²) >= 11 is 0. The van der Waals surface area contributed by atoms with Gasteiger partial charge in [-0.25, -0.2) is 0 Å². The van der Waals surface area contributed by atoms with E-state index in [4.69, 9.17) is 0 Å². The Kier molecular flexibility index (Phi) is 8.06. The Hall–Kier alpha value is -5.66. The average Bonchev–Trinajstić information content (AvgIpc) is 3.11. The number of hydrogen-bond donors (Lipinski definition) is 0. The summed E-state index contributed by atoms with van der Waals surface area (Å²) < 4.78 is 0. The maximum absolute atomic E-state index is 2.36. The second-order valence-corrected chi connectivity index (χ2v) is 12.0. The summed E-state index contributed by atoms with van der Waals surface area (Å²) in [6.45, 7) is 6.56. The van der Waals surface area contributed by atoms with E-state index in [2.05, 4.69) is 196 Å². The molecule has 1 nitrogen and oxygen atoms in total. The smallest absolute Gasteiger partial charge is 0.0462 e. The molecule has 7 rings (SSSR count). The number of benzene rings is 7. The molecule has 222 valence electrons. The number of aryl methyl sites for hydroxylation is 3. The first-order valence-electron chi connectivity index (χ1n) is 15.9. The number of hydrogen-bond acceptors (Lipinski definition) is 1. The van der Waals surface area contributed by atoms with Gasteiger partial charge in [0.25, 0.3) is 0 Å². The van der Waals surface area contributed by atoms with Crippen LogP contribution in [0.15, 0.2) is 170 Å². The number of nitrogens with zero attached hydrogens (tertiary/aromatic N) is 1. The highest BCUT2D eigenvalue weighted by molar-refractivity contribution is 5.89. The van der Waals surface area contributed by atoms with E-state index in [1.165, 1.54) is 61.2 Å². The molecule has 46 heavy (non-hydrogen) atoms. The Balaban J connectivity index is 1.26. The van der Waals surface area contributed by atoms with Gasteiger partial charge in [-0.1, -0.05) is 127 Å². The van der Waals surface area contributed by atoms with Crippen LogP contribution in [0.4, 0.5) is 17.1 Å². The first kappa shape index (κ1) is 29.1. The van der Waals surface area contributed by atoms with Crippen molar-refractivity contribution in [3.63, 3.8) is 0 Å². The molecule has 0 unspecified atom stereocenters. The van der Waals surface area contributed by atoms with Crippen LogP contribution in [0.1, 0.15) is 16.7 Å². The molecular weight excluding hydrogens is 555 g/mol. The lowest BCUT2D eigenvalue weighted by molar-refractivity contribution is 1.28. The Bertz CT molecular complexity index is 2050. The molecule has 0 radical (unpaired) electrons. The van der Waals surface area contributed by atoms with Crippen LogP contribution >= 0.6 is 0 Å². The monoisotopic (exact) mass is 591 g/mol. The zero-order chi connectivity index (χ0) is 31.5. The molecule has 0 saturated carbocycles. The van der Waals surface area contributed by atoms with Crippen molar-refractivity contribution in [1.29, 1.82) is 0 Å². The molecule has 1 heteroatoms. The average molecular weight is 592 g/mol. The van der Waals surface area contributed by atoms with Crippen molar-refractivity contribution in [2.24, 2.45) is 0 Å². The molecule has 0 N–H and O–H groups in total. The quantitative estimate of drug-likeness (QED) is 0.178. The van der Waals surface area contributed by atoms with Gasteiger partial charge in [0.2, 0.25) is 0 Å². The molecule has 0 saturated heterocycles. The van der Waals surface area contributed by atoms with Gasteiger partial charge in [0, 0.05) is 17.1 Å². The van der Waals surface area contributed by atoms with E-state index in [1.54, 1.807) is 0 Å². The van der Waals surface area contributed by atoms with E-state index in [1.807, 2.05) is 0 Å². The largest absolute Gasteiger partial charge is 0.311 e. The van der Waals surface area contributed by atoms with E-state index in [-0.39, 0.29) is 0 Å². The van der Waals surface area contributed by atoms with Crippen molar-refractivity contribution in [1.82, 2.24) is 0 Å². The minimum atomic E-state index is 1.13. The lowest BCUT2D eigenvalue weighted by atomic mass is 9.87. The van der Waals surface area contributed by atoms with Gasteiger partial charge < -0.3 is 4.90 Å². The second-order valence-electron chi connectivity index (χ2n) is 12.0. The van der Waals surface area contributed by atoms with Crippen LogP contribution in [0.25, 0.3) is 44.5 Å². The van der Waals surface area contributed by atoms with Crippen LogP contribution in [0.3, 0.4) is 0 Å². The van der Waals surface area contributed by atoms with Crippen LogP contribution in [-0.4, -0.2) is 0 Å². The number of para-hydroxylation sites is 2. The maximum atomic E-state index is 2.36. The fraction of sp³-hybridized carbons (Fsp3) is 0.0667. The molecule has 0 aromatic heterocycles. The van der Waals surface area contributed by atoms with E-state index in [0.717, 1.165) is 17.1 Å². The molecule has 0 spiro atoms. The van der Waals surface area contributed by atoms with Crippen molar-refractivity contribution >= 4 is 17.1 Å². The predicted octanol–water partition coefficient (Wildman–Crippen LogP) is 12.7. The van der Waals surface area contributed by atoms with Crippen molar-refractivity contribution < 1.29 is 0 Å². The molecule has 0 atom stereocenters. The maximum Gasteiger partial charge on any atom is 0.0462 e. The molecule has 0 bridgehead atoms. The minimum Gasteiger partial charge on any atom is -0.311 e. The zero-order valence-corrected chi connectivity index (χ0v) is 26.6. The van der Waals surface area contributed by atoms with Gasteiger partial charge in [0.05, 0.1) is 0 Å². The molecule has 0 aliphatic carbocycles. The lowest BCUT2D eigenvalue weighted by Crippen LogP contribution is -2.09. The summed E-state index contributed by atoms with van der Waals surface area (Å²) in [5, 5.41) is 0. The molecular formula is C45H37N. The summed E-state index contributed by atoms with van der Waals surface area (Å²) in [5.41, 5.74) is 17.1. The van der Waals surface area contributed by atoms with Gasteiger partial charge in [-0.05, 0) is 125 Å². The fourth-order valence-corrected chi connectivity index (χ4v) is 6.29. The van der Waals surface area contributed by atoms with Gasteiger partial charge in [-0.3, -0.25) is 0 Å². The van der Waals surface area contributed by atoms with Crippen molar-refractivity contribution in [3.05, 3.63) is 187 Å². The summed E-state index contributed by atoms with van der Waals surface area (Å²) in [6.07, 6.45) is 0. The van der Waals surface area contributed by atoms with Gasteiger partial charge >= 0.3 is 0 Å². The Morgan fingerprint density at radius 2 is 0.674 bits per heavy atom. The van der Waals surface area contributed by atoms with Gasteiger partial charge in [-0.15, -0.1) is 0 Å². The van der Waals surface area contributed by atoms with Gasteiger partial charge in [0.1, 0.15) is 0 Å². The standard InChI is InChI=1S/C45H37N/c1-32-18-22-35(23-19-32)37-24-20-33(2)44(30-37)42-16-10-11-17-43(42)45-31-38(25-21-34(45)3)36-26-28-41(29-27-36)46(39-12-6-4-7-13-39)40-14-8-5-9-15-40/h4-31H,1-3H3. The predicted molar refractivity (Wildman–Crippen MR) is 197 cm³/mol. The van der Waals surface area contributed by atoms with E-state index >= 15 is 0 Å².